The summed E-state index contributed by atoms with van der Waals surface area (Å²) < 4.78 is 5.88. The van der Waals surface area contributed by atoms with E-state index < -0.39 is 0 Å². The quantitative estimate of drug-likeness (QED) is 0.757. The molecule has 2 aliphatic heterocycles. The Kier molecular flexibility index (Phi) is 4.22. The maximum Gasteiger partial charge on any atom is 0.138 e. The molecule has 5 heteroatoms. The predicted molar refractivity (Wildman–Crippen MR) is 106 cm³/mol. The second-order valence-electron chi connectivity index (χ2n) is 7.18. The summed E-state index contributed by atoms with van der Waals surface area (Å²) in [5.41, 5.74) is 5.88. The van der Waals surface area contributed by atoms with E-state index in [-0.39, 0.29) is 0 Å². The van der Waals surface area contributed by atoms with Crippen LogP contribution in [0.25, 0.3) is 11.3 Å². The molecule has 5 nitrogen and oxygen atoms in total. The van der Waals surface area contributed by atoms with E-state index in [4.69, 9.17) is 4.74 Å². The summed E-state index contributed by atoms with van der Waals surface area (Å²) in [5.74, 6) is 0.794. The zero-order valence-electron chi connectivity index (χ0n) is 15.1. The van der Waals surface area contributed by atoms with Gasteiger partial charge < -0.3 is 15.0 Å². The first-order valence-electron chi connectivity index (χ1n) is 9.44. The molecule has 2 aliphatic rings. The van der Waals surface area contributed by atoms with E-state index in [1.807, 2.05) is 18.5 Å². The Hall–Kier alpha value is -2.92. The summed E-state index contributed by atoms with van der Waals surface area (Å²) in [6.45, 7) is 3.65. The lowest BCUT2D eigenvalue weighted by atomic mass is 10.1. The van der Waals surface area contributed by atoms with Crippen molar-refractivity contribution in [2.75, 3.05) is 18.1 Å². The summed E-state index contributed by atoms with van der Waals surface area (Å²) in [6, 6.07) is 15.3. The van der Waals surface area contributed by atoms with Gasteiger partial charge in [-0.25, -0.2) is 0 Å². The average molecular weight is 358 g/mol. The van der Waals surface area contributed by atoms with Crippen molar-refractivity contribution in [1.29, 1.82) is 0 Å². The highest BCUT2D eigenvalue weighted by Crippen LogP contribution is 2.30. The minimum atomic E-state index is 0.465. The molecule has 0 bridgehead atoms. The number of hydrogen-bond donors (Lipinski definition) is 1. The highest BCUT2D eigenvalue weighted by atomic mass is 16.5. The van der Waals surface area contributed by atoms with E-state index in [2.05, 4.69) is 56.6 Å². The Balaban J connectivity index is 1.35. The van der Waals surface area contributed by atoms with Gasteiger partial charge >= 0.3 is 0 Å². The van der Waals surface area contributed by atoms with Crippen molar-refractivity contribution in [3.05, 3.63) is 72.2 Å². The van der Waals surface area contributed by atoms with Crippen molar-refractivity contribution >= 4 is 5.69 Å². The van der Waals surface area contributed by atoms with Crippen molar-refractivity contribution in [3.63, 3.8) is 0 Å². The van der Waals surface area contributed by atoms with Crippen LogP contribution in [-0.2, 0) is 13.1 Å². The molecule has 1 atom stereocenters. The largest absolute Gasteiger partial charge is 0.490 e. The first-order chi connectivity index (χ1) is 13.3. The average Bonchev–Trinajstić information content (AvgIpc) is 3.11. The van der Waals surface area contributed by atoms with Crippen molar-refractivity contribution in [1.82, 2.24) is 15.3 Å². The van der Waals surface area contributed by atoms with Crippen molar-refractivity contribution in [2.45, 2.75) is 25.6 Å². The smallest absolute Gasteiger partial charge is 0.138 e. The fourth-order valence-corrected chi connectivity index (χ4v) is 3.62. The minimum Gasteiger partial charge on any atom is -0.490 e. The molecular formula is C22H22N4O. The molecule has 0 saturated carbocycles. The highest BCUT2D eigenvalue weighted by molar-refractivity contribution is 5.65. The van der Waals surface area contributed by atoms with Crippen molar-refractivity contribution < 1.29 is 4.74 Å². The van der Waals surface area contributed by atoms with Crippen molar-refractivity contribution in [2.24, 2.45) is 0 Å². The molecule has 1 aromatic carbocycles. The van der Waals surface area contributed by atoms with Crippen LogP contribution in [0.1, 0.15) is 17.5 Å². The number of hydrogen-bond acceptors (Lipinski definition) is 5. The van der Waals surface area contributed by atoms with Gasteiger partial charge in [-0.05, 0) is 42.3 Å². The van der Waals surface area contributed by atoms with Gasteiger partial charge in [0.05, 0.1) is 11.9 Å². The topological polar surface area (TPSA) is 50.3 Å². The Morgan fingerprint density at radius 1 is 1.07 bits per heavy atom. The zero-order chi connectivity index (χ0) is 18.1. The molecule has 1 N–H and O–H groups in total. The SMILES string of the molecule is c1ccc2c(c1)CN(c1ccnc(-c3cncc(OC[C@@H]4CCN4)c3)c1)C2. The molecule has 136 valence electrons. The number of benzene rings is 1. The second kappa shape index (κ2) is 7.00. The van der Waals surface area contributed by atoms with Gasteiger partial charge in [0.1, 0.15) is 12.4 Å². The number of rotatable bonds is 5. The summed E-state index contributed by atoms with van der Waals surface area (Å²) >= 11 is 0. The van der Waals surface area contributed by atoms with E-state index in [0.717, 1.165) is 36.6 Å². The number of pyridine rings is 2. The first-order valence-corrected chi connectivity index (χ1v) is 9.44. The van der Waals surface area contributed by atoms with Crippen LogP contribution in [0.4, 0.5) is 5.69 Å². The van der Waals surface area contributed by atoms with E-state index in [0.29, 0.717) is 12.6 Å². The maximum absolute atomic E-state index is 5.88. The lowest BCUT2D eigenvalue weighted by Crippen LogP contribution is -2.46. The molecule has 0 spiro atoms. The lowest BCUT2D eigenvalue weighted by molar-refractivity contribution is 0.217. The molecule has 4 heterocycles. The van der Waals surface area contributed by atoms with Gasteiger partial charge in [-0.3, -0.25) is 9.97 Å². The van der Waals surface area contributed by atoms with Crippen LogP contribution in [0.2, 0.25) is 0 Å². The molecule has 3 aromatic rings. The summed E-state index contributed by atoms with van der Waals surface area (Å²) in [7, 11) is 0. The maximum atomic E-state index is 5.88. The summed E-state index contributed by atoms with van der Waals surface area (Å²) in [4.78, 5) is 11.3. The fraction of sp³-hybridized carbons (Fsp3) is 0.273. The molecule has 5 rings (SSSR count). The number of nitrogens with one attached hydrogen (secondary N) is 1. The molecule has 27 heavy (non-hydrogen) atoms. The van der Waals surface area contributed by atoms with Gasteiger partial charge in [-0.15, -0.1) is 0 Å². The molecule has 0 unspecified atom stereocenters. The van der Waals surface area contributed by atoms with Crippen LogP contribution in [0.3, 0.4) is 0 Å². The number of fused-ring (bicyclic) bond motifs is 1. The third-order valence-corrected chi connectivity index (χ3v) is 5.34. The van der Waals surface area contributed by atoms with Gasteiger partial charge in [0, 0.05) is 42.8 Å². The van der Waals surface area contributed by atoms with Gasteiger partial charge in [0.25, 0.3) is 0 Å². The van der Waals surface area contributed by atoms with Gasteiger partial charge in [-0.2, -0.15) is 0 Å². The zero-order valence-corrected chi connectivity index (χ0v) is 15.1. The predicted octanol–water partition coefficient (Wildman–Crippen LogP) is 3.40. The minimum absolute atomic E-state index is 0.465. The monoisotopic (exact) mass is 358 g/mol. The molecule has 0 amide bonds. The molecular weight excluding hydrogens is 336 g/mol. The van der Waals surface area contributed by atoms with Crippen LogP contribution >= 0.6 is 0 Å². The molecule has 2 aromatic heterocycles. The highest BCUT2D eigenvalue weighted by Gasteiger charge is 2.19. The number of nitrogens with zero attached hydrogens (tertiary/aromatic N) is 3. The lowest BCUT2D eigenvalue weighted by Gasteiger charge is -2.27. The number of ether oxygens (including phenoxy) is 1. The Morgan fingerprint density at radius 3 is 2.63 bits per heavy atom. The molecule has 1 saturated heterocycles. The van der Waals surface area contributed by atoms with Gasteiger partial charge in [0.2, 0.25) is 0 Å². The number of aromatic nitrogens is 2. The standard InChI is InChI=1S/C22H22N4O/c1-2-4-17-14-26(13-16(17)3-1)20-6-8-25-22(10-20)18-9-21(12-23-11-18)27-15-19-5-7-24-19/h1-4,6,8-12,19,24H,5,7,13-15H2/t19-/m0/s1. The Morgan fingerprint density at radius 2 is 1.89 bits per heavy atom. The van der Waals surface area contributed by atoms with Crippen LogP contribution in [0.5, 0.6) is 5.75 Å². The molecule has 0 radical (unpaired) electrons. The fourth-order valence-electron chi connectivity index (χ4n) is 3.62. The Labute approximate surface area is 159 Å². The summed E-state index contributed by atoms with van der Waals surface area (Å²) in [5, 5.41) is 3.35. The Bertz CT molecular complexity index is 929. The van der Waals surface area contributed by atoms with Crippen LogP contribution < -0.4 is 15.0 Å². The first kappa shape index (κ1) is 16.3. The van der Waals surface area contributed by atoms with E-state index in [1.165, 1.54) is 23.2 Å². The van der Waals surface area contributed by atoms with E-state index in [1.54, 1.807) is 6.20 Å². The molecule has 0 aliphatic carbocycles. The van der Waals surface area contributed by atoms with E-state index in [9.17, 15) is 0 Å². The second-order valence-corrected chi connectivity index (χ2v) is 7.18. The number of anilines is 1. The normalized spacial score (nSPS) is 18.1. The molecule has 1 fully saturated rings. The summed E-state index contributed by atoms with van der Waals surface area (Å²) in [6.07, 6.45) is 6.66. The third-order valence-electron chi connectivity index (χ3n) is 5.34. The van der Waals surface area contributed by atoms with Gasteiger partial charge in [0.15, 0.2) is 0 Å². The van der Waals surface area contributed by atoms with Crippen LogP contribution in [-0.4, -0.2) is 29.2 Å². The van der Waals surface area contributed by atoms with Crippen LogP contribution in [0.15, 0.2) is 61.1 Å². The van der Waals surface area contributed by atoms with E-state index >= 15 is 0 Å². The third kappa shape index (κ3) is 3.38. The van der Waals surface area contributed by atoms with Crippen LogP contribution in [0, 0.1) is 0 Å². The van der Waals surface area contributed by atoms with Gasteiger partial charge in [-0.1, -0.05) is 24.3 Å². The van der Waals surface area contributed by atoms with Crippen molar-refractivity contribution in [3.8, 4) is 17.0 Å².